The first-order chi connectivity index (χ1) is 27.3. The van der Waals surface area contributed by atoms with Gasteiger partial charge < -0.3 is 23.8 Å². The summed E-state index contributed by atoms with van der Waals surface area (Å²) in [5.41, 5.74) is -3.84. The molecule has 1 aromatic carbocycles. The van der Waals surface area contributed by atoms with E-state index >= 15 is 0 Å². The molecule has 2 saturated carbocycles. The highest BCUT2D eigenvalue weighted by Crippen LogP contribution is 2.58. The van der Waals surface area contributed by atoms with Crippen LogP contribution in [-0.2, 0) is 43.1 Å². The molecule has 1 N–H and O–H groups in total. The summed E-state index contributed by atoms with van der Waals surface area (Å²) in [6.07, 6.45) is -5.03. The molecule has 5 atom stereocenters. The quantitative estimate of drug-likeness (QED) is 0.188. The van der Waals surface area contributed by atoms with Crippen molar-refractivity contribution in [2.45, 2.75) is 116 Å². The number of hydrogen-bond donors (Lipinski definition) is 1. The van der Waals surface area contributed by atoms with Crippen molar-refractivity contribution in [1.82, 2.24) is 14.6 Å². The molecule has 4 fully saturated rings. The largest absolute Gasteiger partial charge is 0.488 e. The maximum atomic E-state index is 14.8. The van der Waals surface area contributed by atoms with Gasteiger partial charge in [-0.05, 0) is 76.8 Å². The fourth-order valence-electron chi connectivity index (χ4n) is 7.94. The van der Waals surface area contributed by atoms with Gasteiger partial charge in [0.05, 0.1) is 53.6 Å². The number of para-hydroxylation sites is 1. The topological polar surface area (TPSA) is 177 Å². The van der Waals surface area contributed by atoms with Gasteiger partial charge in [-0.2, -0.15) is 21.6 Å². The predicted octanol–water partition coefficient (Wildman–Crippen LogP) is 5.87. The first kappa shape index (κ1) is 43.8. The van der Waals surface area contributed by atoms with Gasteiger partial charge in [0, 0.05) is 37.5 Å². The average molecular weight is 860 g/mol. The lowest BCUT2D eigenvalue weighted by atomic mass is 9.82. The molecule has 19 heteroatoms. The zero-order chi connectivity index (χ0) is 42.2. The normalized spacial score (nSPS) is 24.6. The second-order valence-electron chi connectivity index (χ2n) is 16.0. The van der Waals surface area contributed by atoms with Crippen molar-refractivity contribution in [3.63, 3.8) is 0 Å². The molecular weight excluding hydrogens is 811 g/mol. The predicted molar refractivity (Wildman–Crippen MR) is 202 cm³/mol. The summed E-state index contributed by atoms with van der Waals surface area (Å²) in [7, 11) is -4.45. The molecule has 4 aliphatic rings. The fourth-order valence-corrected chi connectivity index (χ4v) is 9.19. The standard InChI is InChI=1S/C39H49ClF3N3O11S/c1-5-23-19-38(23,36(50)45-58(51,52)57-24-10-11-24)20-30(47)29-16-25(55-31-18-32(54-6-2)44-34-26(31)8-7-9-28(34)40)21-46(29)35(49)27(22-12-14-53-15-13-22)17-33(48)56-37(3,4)39(41,42)43/h7-9,18,22-25,27,29H,5-6,10-17,19-21H2,1-4H3,(H,45,50)/t23-,25-,27+,29+,38-/m1/s1. The molecule has 1 aromatic heterocycles. The number of Topliss-reactive ketones (excluding diaryl/α,β-unsaturated/α-hetero) is 1. The Morgan fingerprint density at radius 2 is 1.79 bits per heavy atom. The molecule has 14 nitrogen and oxygen atoms in total. The third kappa shape index (κ3) is 9.82. The molecule has 2 amide bonds. The van der Waals surface area contributed by atoms with Gasteiger partial charge >= 0.3 is 22.4 Å². The van der Waals surface area contributed by atoms with Gasteiger partial charge in [0.2, 0.25) is 23.3 Å². The zero-order valence-electron chi connectivity index (χ0n) is 32.8. The Bertz CT molecular complexity index is 2010. The van der Waals surface area contributed by atoms with Crippen molar-refractivity contribution in [2.24, 2.45) is 23.2 Å². The van der Waals surface area contributed by atoms with E-state index in [1.807, 2.05) is 11.6 Å². The van der Waals surface area contributed by atoms with Crippen LogP contribution in [0, 0.1) is 23.2 Å². The molecule has 0 spiro atoms. The van der Waals surface area contributed by atoms with E-state index in [1.165, 1.54) is 4.90 Å². The molecule has 6 rings (SSSR count). The smallest absolute Gasteiger partial charge is 0.427 e. The fraction of sp³-hybridized carbons (Fsp3) is 0.667. The molecule has 2 saturated heterocycles. The summed E-state index contributed by atoms with van der Waals surface area (Å²) in [4.78, 5) is 62.0. The van der Waals surface area contributed by atoms with Crippen molar-refractivity contribution in [2.75, 3.05) is 26.4 Å². The van der Waals surface area contributed by atoms with E-state index in [2.05, 4.69) is 4.98 Å². The minimum Gasteiger partial charge on any atom is -0.488 e. The molecule has 0 radical (unpaired) electrons. The Morgan fingerprint density at radius 1 is 1.09 bits per heavy atom. The van der Waals surface area contributed by atoms with E-state index in [4.69, 9.17) is 34.7 Å². The Labute approximate surface area is 340 Å². The number of fused-ring (bicyclic) bond motifs is 1. The van der Waals surface area contributed by atoms with E-state index in [0.717, 1.165) is 13.8 Å². The minimum atomic E-state index is -4.88. The molecule has 58 heavy (non-hydrogen) atoms. The number of esters is 1. The number of halogens is 4. The van der Waals surface area contributed by atoms with Gasteiger partial charge in [0.15, 0.2) is 5.78 Å². The van der Waals surface area contributed by atoms with Crippen molar-refractivity contribution >= 4 is 56.4 Å². The number of ether oxygens (including phenoxy) is 4. The number of aromatic nitrogens is 1. The molecule has 320 valence electrons. The number of carbonyl (C=O) groups excluding carboxylic acids is 4. The van der Waals surface area contributed by atoms with E-state index in [1.54, 1.807) is 31.2 Å². The zero-order valence-corrected chi connectivity index (χ0v) is 34.3. The number of nitrogens with zero attached hydrogens (tertiary/aromatic N) is 2. The van der Waals surface area contributed by atoms with Crippen LogP contribution in [0.3, 0.4) is 0 Å². The molecule has 3 heterocycles. The Morgan fingerprint density at radius 3 is 2.41 bits per heavy atom. The molecule has 2 aromatic rings. The lowest BCUT2D eigenvalue weighted by molar-refractivity contribution is -0.257. The molecular formula is C39H49ClF3N3O11S. The van der Waals surface area contributed by atoms with Crippen LogP contribution in [0.15, 0.2) is 24.3 Å². The van der Waals surface area contributed by atoms with E-state index in [9.17, 15) is 40.8 Å². The number of benzene rings is 1. The Kier molecular flexibility index (Phi) is 12.9. The first-order valence-electron chi connectivity index (χ1n) is 19.6. The number of pyridine rings is 1. The summed E-state index contributed by atoms with van der Waals surface area (Å²) < 4.78 is 96.1. The summed E-state index contributed by atoms with van der Waals surface area (Å²) in [5.74, 6) is -4.85. The minimum absolute atomic E-state index is 0.0669. The first-order valence-corrected chi connectivity index (χ1v) is 21.4. The second kappa shape index (κ2) is 17.1. The van der Waals surface area contributed by atoms with Gasteiger partial charge in [-0.3, -0.25) is 23.4 Å². The number of carbonyl (C=O) groups is 4. The highest BCUT2D eigenvalue weighted by molar-refractivity contribution is 7.85. The summed E-state index contributed by atoms with van der Waals surface area (Å²) in [5, 5.41) is 0.843. The monoisotopic (exact) mass is 859 g/mol. The third-order valence-electron chi connectivity index (χ3n) is 11.5. The van der Waals surface area contributed by atoms with Gasteiger partial charge in [-0.15, -0.1) is 0 Å². The summed E-state index contributed by atoms with van der Waals surface area (Å²) in [6.45, 7) is 5.62. The van der Waals surface area contributed by atoms with Crippen LogP contribution in [-0.4, -0.2) is 98.3 Å². The lowest BCUT2D eigenvalue weighted by Gasteiger charge is -2.35. The van der Waals surface area contributed by atoms with Crippen LogP contribution >= 0.6 is 11.6 Å². The third-order valence-corrected chi connectivity index (χ3v) is 12.8. The van der Waals surface area contributed by atoms with Gasteiger partial charge in [0.1, 0.15) is 11.9 Å². The van der Waals surface area contributed by atoms with Crippen LogP contribution in [0.5, 0.6) is 11.6 Å². The van der Waals surface area contributed by atoms with Crippen LogP contribution in [0.4, 0.5) is 13.2 Å². The summed E-state index contributed by atoms with van der Waals surface area (Å²) in [6, 6.07) is 5.43. The molecule has 2 aliphatic carbocycles. The van der Waals surface area contributed by atoms with Crippen LogP contribution in [0.2, 0.25) is 5.02 Å². The van der Waals surface area contributed by atoms with Crippen molar-refractivity contribution < 1.29 is 63.9 Å². The maximum absolute atomic E-state index is 14.8. The average Bonchev–Trinajstić information content (AvgIpc) is 4.06. The number of rotatable bonds is 17. The lowest BCUT2D eigenvalue weighted by Crippen LogP contribution is -2.49. The van der Waals surface area contributed by atoms with Crippen molar-refractivity contribution in [3.05, 3.63) is 29.3 Å². The highest BCUT2D eigenvalue weighted by atomic mass is 35.5. The number of amides is 2. The number of hydrogen-bond acceptors (Lipinski definition) is 12. The van der Waals surface area contributed by atoms with Crippen molar-refractivity contribution in [1.29, 1.82) is 0 Å². The number of ketones is 1. The van der Waals surface area contributed by atoms with E-state index < -0.39 is 94.0 Å². The molecule has 0 unspecified atom stereocenters. The highest BCUT2D eigenvalue weighted by Gasteiger charge is 2.61. The van der Waals surface area contributed by atoms with Gasteiger partial charge in [0.25, 0.3) is 0 Å². The van der Waals surface area contributed by atoms with Crippen LogP contribution in [0.1, 0.15) is 85.5 Å². The number of likely N-dealkylation sites (tertiary alicyclic amines) is 1. The van der Waals surface area contributed by atoms with E-state index in [-0.39, 0.29) is 51.0 Å². The molecule has 2 aliphatic heterocycles. The SMILES string of the molecule is CCOc1cc(O[C@@H]2C[C@@H](C(=O)C[C@]3(C(=O)NS(=O)(=O)OC4CC4)C[C@H]3CC)N(C(=O)[C@@H](CC(=O)OC(C)(C)C(F)(F)F)C3CCOCC3)C2)c2cccc(Cl)c2n1. The Hall–Kier alpha value is -3.74. The maximum Gasteiger partial charge on any atom is 0.427 e. The summed E-state index contributed by atoms with van der Waals surface area (Å²) >= 11 is 6.49. The van der Waals surface area contributed by atoms with Gasteiger partial charge in [-0.1, -0.05) is 31.0 Å². The van der Waals surface area contributed by atoms with Crippen LogP contribution < -0.4 is 14.2 Å². The number of nitrogens with one attached hydrogen (secondary N) is 1. The molecule has 0 bridgehead atoms. The van der Waals surface area contributed by atoms with E-state index in [0.29, 0.717) is 53.8 Å². The second-order valence-corrected chi connectivity index (χ2v) is 17.8. The van der Waals surface area contributed by atoms with Crippen LogP contribution in [0.25, 0.3) is 10.9 Å². The van der Waals surface area contributed by atoms with Gasteiger partial charge in [-0.25, -0.2) is 9.71 Å². The Balaban J connectivity index is 1.32. The van der Waals surface area contributed by atoms with Crippen molar-refractivity contribution in [3.8, 4) is 11.6 Å². The number of alkyl halides is 3.